The van der Waals surface area contributed by atoms with E-state index >= 15 is 0 Å². The molecule has 0 fully saturated rings. The van der Waals surface area contributed by atoms with Crippen LogP contribution in [-0.4, -0.2) is 4.98 Å². The topological polar surface area (TPSA) is 38.9 Å². The van der Waals surface area contributed by atoms with Gasteiger partial charge in [-0.3, -0.25) is 0 Å². The van der Waals surface area contributed by atoms with Gasteiger partial charge in [0.05, 0.1) is 10.2 Å². The number of aromatic nitrogens is 1. The van der Waals surface area contributed by atoms with Crippen LogP contribution in [0.15, 0.2) is 40.9 Å². The molecule has 4 heteroatoms. The first kappa shape index (κ1) is 11.7. The summed E-state index contributed by atoms with van der Waals surface area (Å²) in [6.07, 6.45) is 0. The Morgan fingerprint density at radius 1 is 1.17 bits per heavy atom. The zero-order chi connectivity index (χ0) is 12.7. The van der Waals surface area contributed by atoms with E-state index in [2.05, 4.69) is 46.0 Å². The maximum atomic E-state index is 6.04. The van der Waals surface area contributed by atoms with E-state index < -0.39 is 0 Å². The minimum atomic E-state index is 0.750. The Morgan fingerprint density at radius 3 is 2.78 bits per heavy atom. The molecular weight excluding hydrogens is 308 g/mol. The summed E-state index contributed by atoms with van der Waals surface area (Å²) in [5, 5.41) is 0.973. The van der Waals surface area contributed by atoms with Crippen molar-refractivity contribution in [2.45, 2.75) is 6.92 Å². The number of thiazole rings is 1. The van der Waals surface area contributed by atoms with Crippen molar-refractivity contribution in [1.82, 2.24) is 4.98 Å². The lowest BCUT2D eigenvalue weighted by atomic mass is 10.2. The summed E-state index contributed by atoms with van der Waals surface area (Å²) >= 11 is 5.09. The van der Waals surface area contributed by atoms with Gasteiger partial charge >= 0.3 is 0 Å². The summed E-state index contributed by atoms with van der Waals surface area (Å²) in [5.41, 5.74) is 10.1. The highest BCUT2D eigenvalue weighted by molar-refractivity contribution is 9.10. The van der Waals surface area contributed by atoms with Crippen molar-refractivity contribution < 1.29 is 0 Å². The summed E-state index contributed by atoms with van der Waals surface area (Å²) < 4.78 is 2.19. The smallest absolute Gasteiger partial charge is 0.126 e. The van der Waals surface area contributed by atoms with Gasteiger partial charge in [0, 0.05) is 15.7 Å². The molecule has 0 aliphatic rings. The van der Waals surface area contributed by atoms with Gasteiger partial charge in [0.15, 0.2) is 0 Å². The number of nitrogens with two attached hydrogens (primary N) is 1. The highest BCUT2D eigenvalue weighted by Crippen LogP contribution is 2.34. The quantitative estimate of drug-likeness (QED) is 0.665. The molecule has 1 heterocycles. The molecule has 3 rings (SSSR count). The Kier molecular flexibility index (Phi) is 2.84. The lowest BCUT2D eigenvalue weighted by Gasteiger charge is -2.01. The molecule has 2 nitrogen and oxygen atoms in total. The lowest BCUT2D eigenvalue weighted by molar-refractivity contribution is 1.45. The number of hydrogen-bond donors (Lipinski definition) is 1. The van der Waals surface area contributed by atoms with Crippen LogP contribution in [0.1, 0.15) is 5.56 Å². The number of aryl methyl sites for hydroxylation is 1. The van der Waals surface area contributed by atoms with E-state index in [1.807, 2.05) is 18.2 Å². The average Bonchev–Trinajstić information content (AvgIpc) is 2.71. The van der Waals surface area contributed by atoms with Crippen LogP contribution in [0.25, 0.3) is 20.8 Å². The van der Waals surface area contributed by atoms with E-state index in [1.165, 1.54) is 10.3 Å². The molecule has 90 valence electrons. The molecule has 0 aliphatic heterocycles. The third-order valence-electron chi connectivity index (χ3n) is 2.79. The second kappa shape index (κ2) is 4.37. The van der Waals surface area contributed by atoms with Gasteiger partial charge in [-0.2, -0.15) is 0 Å². The molecule has 1 aromatic heterocycles. The third kappa shape index (κ3) is 2.02. The Balaban J connectivity index is 2.19. The van der Waals surface area contributed by atoms with Gasteiger partial charge in [0.1, 0.15) is 5.01 Å². The number of rotatable bonds is 1. The van der Waals surface area contributed by atoms with E-state index in [4.69, 9.17) is 5.73 Å². The number of anilines is 1. The Morgan fingerprint density at radius 2 is 2.00 bits per heavy atom. The van der Waals surface area contributed by atoms with E-state index in [9.17, 15) is 0 Å². The van der Waals surface area contributed by atoms with Crippen LogP contribution < -0.4 is 5.73 Å². The Hall–Kier alpha value is -1.39. The van der Waals surface area contributed by atoms with Gasteiger partial charge in [0.25, 0.3) is 0 Å². The van der Waals surface area contributed by atoms with Crippen LogP contribution in [0.5, 0.6) is 0 Å². The molecule has 2 aromatic carbocycles. The van der Waals surface area contributed by atoms with Crippen LogP contribution in [0.4, 0.5) is 5.69 Å². The summed E-state index contributed by atoms with van der Waals surface area (Å²) in [6.45, 7) is 2.09. The van der Waals surface area contributed by atoms with Gasteiger partial charge in [-0.25, -0.2) is 4.98 Å². The van der Waals surface area contributed by atoms with E-state index in [-0.39, 0.29) is 0 Å². The van der Waals surface area contributed by atoms with Gasteiger partial charge in [-0.1, -0.05) is 22.0 Å². The van der Waals surface area contributed by atoms with Crippen molar-refractivity contribution in [3.8, 4) is 10.6 Å². The predicted molar refractivity (Wildman–Crippen MR) is 81.9 cm³/mol. The largest absolute Gasteiger partial charge is 0.398 e. The zero-order valence-corrected chi connectivity index (χ0v) is 12.2. The maximum Gasteiger partial charge on any atom is 0.126 e. The van der Waals surface area contributed by atoms with Crippen molar-refractivity contribution in [3.05, 3.63) is 46.4 Å². The van der Waals surface area contributed by atoms with E-state index in [0.717, 1.165) is 26.2 Å². The Labute approximate surface area is 118 Å². The first-order valence-electron chi connectivity index (χ1n) is 5.56. The molecule has 0 amide bonds. The van der Waals surface area contributed by atoms with E-state index in [1.54, 1.807) is 11.3 Å². The SMILES string of the molecule is Cc1ccc2nc(-c3ccc(Br)cc3N)sc2c1. The first-order chi connectivity index (χ1) is 8.63. The molecule has 2 N–H and O–H groups in total. The normalized spacial score (nSPS) is 11.0. The van der Waals surface area contributed by atoms with Crippen LogP contribution in [0.3, 0.4) is 0 Å². The number of benzene rings is 2. The second-order valence-corrected chi connectivity index (χ2v) is 6.17. The minimum Gasteiger partial charge on any atom is -0.398 e. The standard InChI is InChI=1S/C14H11BrN2S/c1-8-2-5-12-13(6-8)18-14(17-12)10-4-3-9(15)7-11(10)16/h2-7H,16H2,1H3. The van der Waals surface area contributed by atoms with Crippen LogP contribution in [-0.2, 0) is 0 Å². The lowest BCUT2D eigenvalue weighted by Crippen LogP contribution is -1.89. The number of nitrogens with zero attached hydrogens (tertiary/aromatic N) is 1. The van der Waals surface area contributed by atoms with Gasteiger partial charge < -0.3 is 5.73 Å². The number of nitrogen functional groups attached to an aromatic ring is 1. The van der Waals surface area contributed by atoms with Crippen LogP contribution in [0, 0.1) is 6.92 Å². The number of hydrogen-bond acceptors (Lipinski definition) is 3. The first-order valence-corrected chi connectivity index (χ1v) is 7.17. The van der Waals surface area contributed by atoms with Gasteiger partial charge in [-0.15, -0.1) is 11.3 Å². The fourth-order valence-electron chi connectivity index (χ4n) is 1.88. The van der Waals surface area contributed by atoms with Crippen LogP contribution >= 0.6 is 27.3 Å². The fraction of sp³-hybridized carbons (Fsp3) is 0.0714. The molecule has 0 atom stereocenters. The summed E-state index contributed by atoms with van der Waals surface area (Å²) in [4.78, 5) is 4.64. The molecule has 0 unspecified atom stereocenters. The summed E-state index contributed by atoms with van der Waals surface area (Å²) in [6, 6.07) is 12.2. The Bertz CT molecular complexity index is 734. The number of halogens is 1. The van der Waals surface area contributed by atoms with Crippen LogP contribution in [0.2, 0.25) is 0 Å². The minimum absolute atomic E-state index is 0.750. The molecule has 0 saturated heterocycles. The highest BCUT2D eigenvalue weighted by atomic mass is 79.9. The fourth-order valence-corrected chi connectivity index (χ4v) is 3.37. The van der Waals surface area contributed by atoms with Crippen molar-refractivity contribution in [3.63, 3.8) is 0 Å². The highest BCUT2D eigenvalue weighted by Gasteiger charge is 2.09. The summed E-state index contributed by atoms with van der Waals surface area (Å²) in [5.74, 6) is 0. The molecule has 0 aliphatic carbocycles. The molecule has 18 heavy (non-hydrogen) atoms. The van der Waals surface area contributed by atoms with E-state index in [0.29, 0.717) is 0 Å². The van der Waals surface area contributed by atoms with Crippen molar-refractivity contribution in [2.75, 3.05) is 5.73 Å². The second-order valence-electron chi connectivity index (χ2n) is 4.22. The molecule has 3 aromatic rings. The van der Waals surface area contributed by atoms with Gasteiger partial charge in [-0.05, 0) is 42.8 Å². The average molecular weight is 319 g/mol. The monoisotopic (exact) mass is 318 g/mol. The molecule has 0 spiro atoms. The molecule has 0 saturated carbocycles. The van der Waals surface area contributed by atoms with Crippen molar-refractivity contribution in [2.24, 2.45) is 0 Å². The molecular formula is C14H11BrN2S. The number of fused-ring (bicyclic) bond motifs is 1. The van der Waals surface area contributed by atoms with Crippen molar-refractivity contribution in [1.29, 1.82) is 0 Å². The molecule has 0 bridgehead atoms. The predicted octanol–water partition coefficient (Wildman–Crippen LogP) is 4.62. The zero-order valence-electron chi connectivity index (χ0n) is 9.77. The third-order valence-corrected chi connectivity index (χ3v) is 4.33. The summed E-state index contributed by atoms with van der Waals surface area (Å²) in [7, 11) is 0. The maximum absolute atomic E-state index is 6.04. The van der Waals surface area contributed by atoms with Gasteiger partial charge in [0.2, 0.25) is 0 Å². The molecule has 0 radical (unpaired) electrons. The van der Waals surface area contributed by atoms with Crippen molar-refractivity contribution >= 4 is 43.2 Å².